The lowest BCUT2D eigenvalue weighted by Gasteiger charge is -2.41. The van der Waals surface area contributed by atoms with Crippen molar-refractivity contribution in [2.75, 3.05) is 0 Å². The molecule has 1 saturated carbocycles. The normalized spacial score (nSPS) is 27.0. The third-order valence-electron chi connectivity index (χ3n) is 6.46. The summed E-state index contributed by atoms with van der Waals surface area (Å²) in [6, 6.07) is 1.30. The average molecular weight is 409 g/mol. The topological polar surface area (TPSA) is 75.4 Å². The van der Waals surface area contributed by atoms with Crippen molar-refractivity contribution in [2.24, 2.45) is 11.7 Å². The Hall–Kier alpha value is -2.09. The highest BCUT2D eigenvalue weighted by molar-refractivity contribution is 5.97. The zero-order valence-corrected chi connectivity index (χ0v) is 16.2. The predicted octanol–water partition coefficient (Wildman–Crippen LogP) is 2.41. The molecule has 2 saturated heterocycles. The summed E-state index contributed by atoms with van der Waals surface area (Å²) in [5.41, 5.74) is 6.37. The van der Waals surface area contributed by atoms with Crippen LogP contribution in [-0.4, -0.2) is 40.9 Å². The number of nitrogens with one attached hydrogen (secondary N) is 1. The van der Waals surface area contributed by atoms with Gasteiger partial charge in [-0.05, 0) is 62.5 Å². The molecule has 8 heteroatoms. The summed E-state index contributed by atoms with van der Waals surface area (Å²) in [5, 5.41) is 2.84. The van der Waals surface area contributed by atoms with Gasteiger partial charge in [-0.1, -0.05) is 0 Å². The molecule has 1 aromatic carbocycles. The first-order valence-electron chi connectivity index (χ1n) is 10.3. The molecular formula is C21H26F3N3O2. The van der Waals surface area contributed by atoms with E-state index >= 15 is 0 Å². The Morgan fingerprint density at radius 2 is 1.66 bits per heavy atom. The molecule has 3 fully saturated rings. The van der Waals surface area contributed by atoms with Gasteiger partial charge in [0.1, 0.15) is 12.2 Å². The SMILES string of the molecule is N[C@H](Cc1cc(F)c(F)cc1F)C1C[C@H]2CC[C@@H](C1)N2C(=O)CC(=O)NC1CC1. The highest BCUT2D eigenvalue weighted by Crippen LogP contribution is 2.40. The van der Waals surface area contributed by atoms with Gasteiger partial charge in [-0.15, -0.1) is 0 Å². The lowest BCUT2D eigenvalue weighted by Crippen LogP contribution is -2.51. The standard InChI is InChI=1S/C21H26F3N3O2/c22-16-9-18(24)17(23)7-11(16)8-19(25)12-5-14-3-4-15(6-12)27(14)21(29)10-20(28)26-13-1-2-13/h7,9,12-15,19H,1-6,8,10,25H2,(H,26,28)/t12?,14-,15+,19-/m1/s1. The van der Waals surface area contributed by atoms with E-state index in [1.165, 1.54) is 0 Å². The van der Waals surface area contributed by atoms with E-state index in [1.807, 2.05) is 4.90 Å². The van der Waals surface area contributed by atoms with E-state index in [2.05, 4.69) is 5.32 Å². The van der Waals surface area contributed by atoms with Crippen molar-refractivity contribution in [1.82, 2.24) is 10.2 Å². The molecule has 2 amide bonds. The molecule has 2 heterocycles. The van der Waals surface area contributed by atoms with Crippen molar-refractivity contribution in [2.45, 2.75) is 75.5 Å². The number of piperidine rings is 1. The Labute approximate surface area is 167 Å². The molecule has 0 spiro atoms. The van der Waals surface area contributed by atoms with Gasteiger partial charge < -0.3 is 16.0 Å². The van der Waals surface area contributed by atoms with Crippen molar-refractivity contribution >= 4 is 11.8 Å². The summed E-state index contributed by atoms with van der Waals surface area (Å²) in [4.78, 5) is 26.5. The number of amides is 2. The lowest BCUT2D eigenvalue weighted by molar-refractivity contribution is -0.140. The molecule has 1 unspecified atom stereocenters. The van der Waals surface area contributed by atoms with Crippen LogP contribution in [0.15, 0.2) is 12.1 Å². The van der Waals surface area contributed by atoms with Gasteiger partial charge in [0.05, 0.1) is 0 Å². The minimum Gasteiger partial charge on any atom is -0.353 e. The fourth-order valence-electron chi connectivity index (χ4n) is 4.85. The zero-order chi connectivity index (χ0) is 20.7. The summed E-state index contributed by atoms with van der Waals surface area (Å²) >= 11 is 0. The second-order valence-corrected chi connectivity index (χ2v) is 8.66. The third-order valence-corrected chi connectivity index (χ3v) is 6.46. The first kappa shape index (κ1) is 20.2. The molecular weight excluding hydrogens is 383 g/mol. The van der Waals surface area contributed by atoms with Crippen LogP contribution >= 0.6 is 0 Å². The molecule has 3 aliphatic rings. The highest BCUT2D eigenvalue weighted by Gasteiger charge is 2.44. The predicted molar refractivity (Wildman–Crippen MR) is 100 cm³/mol. The molecule has 3 N–H and O–H groups in total. The van der Waals surface area contributed by atoms with Gasteiger partial charge in [-0.2, -0.15) is 0 Å². The molecule has 29 heavy (non-hydrogen) atoms. The van der Waals surface area contributed by atoms with E-state index in [-0.39, 0.29) is 54.3 Å². The number of nitrogens with zero attached hydrogens (tertiary/aromatic N) is 1. The fourth-order valence-corrected chi connectivity index (χ4v) is 4.85. The summed E-state index contributed by atoms with van der Waals surface area (Å²) in [6.45, 7) is 0. The van der Waals surface area contributed by atoms with Gasteiger partial charge in [0, 0.05) is 30.2 Å². The van der Waals surface area contributed by atoms with E-state index in [4.69, 9.17) is 5.73 Å². The van der Waals surface area contributed by atoms with Gasteiger partial charge in [0.2, 0.25) is 11.8 Å². The van der Waals surface area contributed by atoms with Crippen LogP contribution < -0.4 is 11.1 Å². The van der Waals surface area contributed by atoms with E-state index in [9.17, 15) is 22.8 Å². The lowest BCUT2D eigenvalue weighted by atomic mass is 9.82. The van der Waals surface area contributed by atoms with Crippen molar-refractivity contribution < 1.29 is 22.8 Å². The maximum atomic E-state index is 14.0. The summed E-state index contributed by atoms with van der Waals surface area (Å²) in [5.74, 6) is -3.39. The molecule has 158 valence electrons. The van der Waals surface area contributed by atoms with Gasteiger partial charge in [0.15, 0.2) is 11.6 Å². The first-order valence-corrected chi connectivity index (χ1v) is 10.3. The summed E-state index contributed by atoms with van der Waals surface area (Å²) in [6.07, 6.45) is 5.04. The first-order chi connectivity index (χ1) is 13.8. The van der Waals surface area contributed by atoms with Gasteiger partial charge in [-0.3, -0.25) is 9.59 Å². The number of nitrogens with two attached hydrogens (primary N) is 1. The van der Waals surface area contributed by atoms with Crippen LogP contribution in [0.4, 0.5) is 13.2 Å². The number of halogens is 3. The van der Waals surface area contributed by atoms with Crippen molar-refractivity contribution in [3.05, 3.63) is 35.1 Å². The summed E-state index contributed by atoms with van der Waals surface area (Å²) in [7, 11) is 0. The monoisotopic (exact) mass is 409 g/mol. The van der Waals surface area contributed by atoms with Crippen molar-refractivity contribution in [3.63, 3.8) is 0 Å². The zero-order valence-electron chi connectivity index (χ0n) is 16.2. The van der Waals surface area contributed by atoms with Crippen LogP contribution in [-0.2, 0) is 16.0 Å². The van der Waals surface area contributed by atoms with E-state index in [0.29, 0.717) is 18.9 Å². The quantitative estimate of drug-likeness (QED) is 0.560. The van der Waals surface area contributed by atoms with E-state index in [1.54, 1.807) is 0 Å². The molecule has 5 nitrogen and oxygen atoms in total. The maximum Gasteiger partial charge on any atom is 0.232 e. The van der Waals surface area contributed by atoms with Gasteiger partial charge >= 0.3 is 0 Å². The maximum absolute atomic E-state index is 14.0. The second kappa shape index (κ2) is 7.97. The molecule has 1 aromatic rings. The van der Waals surface area contributed by atoms with Gasteiger partial charge in [-0.25, -0.2) is 13.2 Å². The Bertz CT molecular complexity index is 801. The van der Waals surface area contributed by atoms with Crippen molar-refractivity contribution in [1.29, 1.82) is 0 Å². The van der Waals surface area contributed by atoms with Crippen LogP contribution in [0, 0.1) is 23.4 Å². The van der Waals surface area contributed by atoms with Crippen LogP contribution in [0.5, 0.6) is 0 Å². The van der Waals surface area contributed by atoms with Crippen LogP contribution in [0.2, 0.25) is 0 Å². The molecule has 4 rings (SSSR count). The number of hydrogen-bond acceptors (Lipinski definition) is 3. The highest BCUT2D eigenvalue weighted by atomic mass is 19.2. The average Bonchev–Trinajstić information content (AvgIpc) is 3.42. The smallest absolute Gasteiger partial charge is 0.232 e. The Morgan fingerprint density at radius 3 is 2.28 bits per heavy atom. The fraction of sp³-hybridized carbons (Fsp3) is 0.619. The largest absolute Gasteiger partial charge is 0.353 e. The third kappa shape index (κ3) is 4.42. The van der Waals surface area contributed by atoms with Crippen LogP contribution in [0.3, 0.4) is 0 Å². The molecule has 0 radical (unpaired) electrons. The number of hydrogen-bond donors (Lipinski definition) is 2. The summed E-state index contributed by atoms with van der Waals surface area (Å²) < 4.78 is 40.5. The minimum absolute atomic E-state index is 0.0285. The van der Waals surface area contributed by atoms with Crippen molar-refractivity contribution in [3.8, 4) is 0 Å². The Kier molecular flexibility index (Phi) is 5.55. The van der Waals surface area contributed by atoms with E-state index in [0.717, 1.165) is 31.7 Å². The Balaban J connectivity index is 1.36. The van der Waals surface area contributed by atoms with E-state index < -0.39 is 23.5 Å². The number of carbonyl (C=O) groups is 2. The van der Waals surface area contributed by atoms with Crippen LogP contribution in [0.25, 0.3) is 0 Å². The second-order valence-electron chi connectivity index (χ2n) is 8.66. The number of fused-ring (bicyclic) bond motifs is 2. The number of rotatable bonds is 6. The Morgan fingerprint density at radius 1 is 1.03 bits per heavy atom. The number of benzene rings is 1. The number of carbonyl (C=O) groups excluding carboxylic acids is 2. The minimum atomic E-state index is -1.21. The van der Waals surface area contributed by atoms with Gasteiger partial charge in [0.25, 0.3) is 0 Å². The molecule has 2 bridgehead atoms. The molecule has 1 aliphatic carbocycles. The molecule has 4 atom stereocenters. The van der Waals surface area contributed by atoms with Crippen LogP contribution in [0.1, 0.15) is 50.5 Å². The molecule has 2 aliphatic heterocycles. The molecule has 0 aromatic heterocycles.